The quantitative estimate of drug-likeness (QED) is 0.716. The molecule has 8 heteroatoms. The monoisotopic (exact) mass is 383 g/mol. The highest BCUT2D eigenvalue weighted by atomic mass is 32.2. The highest BCUT2D eigenvalue weighted by molar-refractivity contribution is 8.00. The number of aryl methyl sites for hydroxylation is 3. The van der Waals surface area contributed by atoms with E-state index in [0.717, 1.165) is 43.6 Å². The largest absolute Gasteiger partial charge is 0.289 e. The molecule has 2 aromatic rings. The molecule has 0 fully saturated rings. The molecule has 5 nitrogen and oxygen atoms in total. The third-order valence-corrected chi connectivity index (χ3v) is 7.22. The van der Waals surface area contributed by atoms with Gasteiger partial charge in [0.1, 0.15) is 0 Å². The van der Waals surface area contributed by atoms with Crippen LogP contribution in [0, 0.1) is 26.6 Å². The molecule has 0 radical (unpaired) electrons. The SMILES string of the molecule is C=CC(N(C)C)S(=O)(=O)n1ncc(F)c1Sc1c(C)cc(C)cc1C. The van der Waals surface area contributed by atoms with Gasteiger partial charge in [-0.3, -0.25) is 4.90 Å². The summed E-state index contributed by atoms with van der Waals surface area (Å²) in [6.07, 6.45) is 2.22. The smallest absolute Gasteiger partial charge is 0.274 e. The fourth-order valence-corrected chi connectivity index (χ4v) is 5.51. The number of hydrogen-bond acceptors (Lipinski definition) is 5. The second-order valence-corrected chi connectivity index (χ2v) is 8.96. The van der Waals surface area contributed by atoms with Gasteiger partial charge < -0.3 is 0 Å². The van der Waals surface area contributed by atoms with Crippen molar-refractivity contribution in [3.8, 4) is 0 Å². The Bertz CT molecular complexity index is 882. The van der Waals surface area contributed by atoms with Crippen molar-refractivity contribution in [1.29, 1.82) is 0 Å². The molecule has 0 amide bonds. The molecule has 0 saturated carbocycles. The van der Waals surface area contributed by atoms with Crippen molar-refractivity contribution in [3.63, 3.8) is 0 Å². The summed E-state index contributed by atoms with van der Waals surface area (Å²) in [7, 11) is -0.730. The Hall–Kier alpha value is -1.64. The number of benzene rings is 1. The second kappa shape index (κ2) is 7.31. The van der Waals surface area contributed by atoms with Crippen molar-refractivity contribution < 1.29 is 12.8 Å². The topological polar surface area (TPSA) is 55.2 Å². The number of aromatic nitrogens is 2. The first-order valence-corrected chi connectivity index (χ1v) is 9.94. The average Bonchev–Trinajstić information content (AvgIpc) is 2.84. The predicted octanol–water partition coefficient (Wildman–Crippen LogP) is 3.35. The Morgan fingerprint density at radius 3 is 2.32 bits per heavy atom. The van der Waals surface area contributed by atoms with E-state index >= 15 is 0 Å². The van der Waals surface area contributed by atoms with E-state index in [1.807, 2.05) is 32.9 Å². The molecule has 2 rings (SSSR count). The van der Waals surface area contributed by atoms with Crippen molar-refractivity contribution in [2.45, 2.75) is 36.1 Å². The maximum absolute atomic E-state index is 14.3. The molecule has 1 heterocycles. The van der Waals surface area contributed by atoms with E-state index in [2.05, 4.69) is 11.7 Å². The van der Waals surface area contributed by atoms with Crippen LogP contribution in [0.15, 0.2) is 40.9 Å². The van der Waals surface area contributed by atoms with Crippen LogP contribution in [0.3, 0.4) is 0 Å². The van der Waals surface area contributed by atoms with Crippen LogP contribution in [0.5, 0.6) is 0 Å². The Balaban J connectivity index is 2.56. The number of halogens is 1. The van der Waals surface area contributed by atoms with E-state index in [-0.39, 0.29) is 5.03 Å². The molecular formula is C17H22FN3O2S2. The first-order valence-electron chi connectivity index (χ1n) is 7.62. The van der Waals surface area contributed by atoms with Gasteiger partial charge in [0.05, 0.1) is 6.20 Å². The Labute approximate surface area is 152 Å². The second-order valence-electron chi connectivity index (χ2n) is 6.11. The van der Waals surface area contributed by atoms with Gasteiger partial charge in [-0.15, -0.1) is 10.7 Å². The molecule has 0 aliphatic carbocycles. The Kier molecular flexibility index (Phi) is 5.75. The molecule has 0 aliphatic heterocycles. The predicted molar refractivity (Wildman–Crippen MR) is 99.0 cm³/mol. The van der Waals surface area contributed by atoms with Gasteiger partial charge in [0.25, 0.3) is 10.0 Å². The summed E-state index contributed by atoms with van der Waals surface area (Å²) in [5.41, 5.74) is 3.01. The maximum Gasteiger partial charge on any atom is 0.274 e. The summed E-state index contributed by atoms with van der Waals surface area (Å²) in [4.78, 5) is 2.31. The van der Waals surface area contributed by atoms with Crippen LogP contribution in [0.1, 0.15) is 16.7 Å². The minimum Gasteiger partial charge on any atom is -0.289 e. The maximum atomic E-state index is 14.3. The molecule has 0 aliphatic rings. The van der Waals surface area contributed by atoms with E-state index in [4.69, 9.17) is 0 Å². The van der Waals surface area contributed by atoms with Crippen molar-refractivity contribution in [2.75, 3.05) is 14.1 Å². The lowest BCUT2D eigenvalue weighted by Gasteiger charge is -2.21. The van der Waals surface area contributed by atoms with Crippen molar-refractivity contribution in [3.05, 3.63) is 53.5 Å². The minimum absolute atomic E-state index is 0.0521. The number of hydrogen-bond donors (Lipinski definition) is 0. The van der Waals surface area contributed by atoms with Crippen LogP contribution in [0.4, 0.5) is 4.39 Å². The van der Waals surface area contributed by atoms with Gasteiger partial charge in [0, 0.05) is 4.90 Å². The van der Waals surface area contributed by atoms with E-state index < -0.39 is 21.2 Å². The molecule has 25 heavy (non-hydrogen) atoms. The zero-order chi connectivity index (χ0) is 18.9. The molecule has 0 bridgehead atoms. The highest BCUT2D eigenvalue weighted by Crippen LogP contribution is 2.36. The molecule has 0 N–H and O–H groups in total. The molecule has 1 aromatic carbocycles. The number of rotatable bonds is 6. The van der Waals surface area contributed by atoms with E-state index in [9.17, 15) is 12.8 Å². The van der Waals surface area contributed by atoms with Crippen molar-refractivity contribution in [2.24, 2.45) is 0 Å². The average molecular weight is 384 g/mol. The number of likely N-dealkylation sites (N-methyl/N-ethyl adjacent to an activating group) is 1. The van der Waals surface area contributed by atoms with E-state index in [1.165, 1.54) is 11.0 Å². The van der Waals surface area contributed by atoms with Crippen molar-refractivity contribution >= 4 is 21.8 Å². The fourth-order valence-electron chi connectivity index (χ4n) is 2.70. The van der Waals surface area contributed by atoms with Crippen molar-refractivity contribution in [1.82, 2.24) is 14.1 Å². The van der Waals surface area contributed by atoms with Crippen LogP contribution in [0.25, 0.3) is 0 Å². The third-order valence-electron chi connectivity index (χ3n) is 3.71. The van der Waals surface area contributed by atoms with Crippen LogP contribution < -0.4 is 0 Å². The summed E-state index contributed by atoms with van der Waals surface area (Å²) < 4.78 is 40.8. The lowest BCUT2D eigenvalue weighted by atomic mass is 10.1. The molecular weight excluding hydrogens is 361 g/mol. The molecule has 1 aromatic heterocycles. The minimum atomic E-state index is -3.96. The first kappa shape index (κ1) is 19.7. The van der Waals surface area contributed by atoms with Crippen LogP contribution in [-0.2, 0) is 10.0 Å². The lowest BCUT2D eigenvalue weighted by Crippen LogP contribution is -2.38. The van der Waals surface area contributed by atoms with Crippen LogP contribution in [0.2, 0.25) is 0 Å². The van der Waals surface area contributed by atoms with Gasteiger partial charge in [0.2, 0.25) is 0 Å². The molecule has 0 saturated heterocycles. The molecule has 1 unspecified atom stereocenters. The standard InChI is InChI=1S/C17H22FN3O2S2/c1-7-15(20(5)6)25(22,23)21-17(14(18)10-19-21)24-16-12(3)8-11(2)9-13(16)4/h7-10,15H,1H2,2-6H3. The fraction of sp³-hybridized carbons (Fsp3) is 0.353. The third kappa shape index (κ3) is 3.80. The summed E-state index contributed by atoms with van der Waals surface area (Å²) in [5, 5.41) is 2.71. The molecule has 1 atom stereocenters. The van der Waals surface area contributed by atoms with E-state index in [1.54, 1.807) is 14.1 Å². The Morgan fingerprint density at radius 2 is 1.84 bits per heavy atom. The van der Waals surface area contributed by atoms with Gasteiger partial charge in [-0.2, -0.15) is 5.10 Å². The van der Waals surface area contributed by atoms with Gasteiger partial charge in [0.15, 0.2) is 16.2 Å². The summed E-state index contributed by atoms with van der Waals surface area (Å²) in [6, 6.07) is 3.96. The summed E-state index contributed by atoms with van der Waals surface area (Å²) in [5.74, 6) is -0.672. The first-order chi connectivity index (χ1) is 11.6. The zero-order valence-electron chi connectivity index (χ0n) is 14.9. The van der Waals surface area contributed by atoms with Gasteiger partial charge >= 0.3 is 0 Å². The van der Waals surface area contributed by atoms with Gasteiger partial charge in [-0.1, -0.05) is 35.5 Å². The Morgan fingerprint density at radius 1 is 1.28 bits per heavy atom. The van der Waals surface area contributed by atoms with Crippen LogP contribution >= 0.6 is 11.8 Å². The zero-order valence-corrected chi connectivity index (χ0v) is 16.6. The summed E-state index contributed by atoms with van der Waals surface area (Å²) >= 11 is 1.07. The van der Waals surface area contributed by atoms with Gasteiger partial charge in [-0.05, 0) is 46.0 Å². The van der Waals surface area contributed by atoms with E-state index in [0.29, 0.717) is 0 Å². The van der Waals surface area contributed by atoms with Crippen LogP contribution in [-0.4, -0.2) is 42.0 Å². The highest BCUT2D eigenvalue weighted by Gasteiger charge is 2.31. The molecule has 0 spiro atoms. The van der Waals surface area contributed by atoms with Gasteiger partial charge in [-0.25, -0.2) is 12.8 Å². The molecule has 136 valence electrons. The summed E-state index contributed by atoms with van der Waals surface area (Å²) in [6.45, 7) is 9.39. The number of nitrogens with zero attached hydrogens (tertiary/aromatic N) is 3. The lowest BCUT2D eigenvalue weighted by molar-refractivity contribution is 0.400. The normalized spacial score (nSPS) is 13.2.